The van der Waals surface area contributed by atoms with Crippen LogP contribution in [-0.2, 0) is 16.1 Å². The second-order valence-corrected chi connectivity index (χ2v) is 6.86. The highest BCUT2D eigenvalue weighted by atomic mass is 16.2. The third-order valence-corrected chi connectivity index (χ3v) is 5.11. The van der Waals surface area contributed by atoms with E-state index < -0.39 is 5.41 Å². The van der Waals surface area contributed by atoms with E-state index in [1.807, 2.05) is 18.2 Å². The minimum atomic E-state index is -0.492. The maximum atomic E-state index is 12.1. The van der Waals surface area contributed by atoms with Gasteiger partial charge in [0.15, 0.2) is 0 Å². The topological polar surface area (TPSA) is 49.4 Å². The normalized spacial score (nSPS) is 23.8. The number of carbonyl (C=O) groups is 2. The van der Waals surface area contributed by atoms with Gasteiger partial charge in [-0.1, -0.05) is 48.5 Å². The van der Waals surface area contributed by atoms with E-state index in [-0.39, 0.29) is 11.8 Å². The number of rotatable bonds is 3. The van der Waals surface area contributed by atoms with E-state index in [9.17, 15) is 9.59 Å². The van der Waals surface area contributed by atoms with Crippen LogP contribution >= 0.6 is 0 Å². The van der Waals surface area contributed by atoms with E-state index in [0.717, 1.165) is 19.5 Å². The summed E-state index contributed by atoms with van der Waals surface area (Å²) in [4.78, 5) is 25.9. The van der Waals surface area contributed by atoms with Gasteiger partial charge < -0.3 is 0 Å². The van der Waals surface area contributed by atoms with Gasteiger partial charge in [0.25, 0.3) is 0 Å². The molecular weight excluding hydrogens is 300 g/mol. The lowest BCUT2D eigenvalue weighted by atomic mass is 9.85. The third-order valence-electron chi connectivity index (χ3n) is 5.11. The van der Waals surface area contributed by atoms with Crippen LogP contribution in [0, 0.1) is 5.41 Å². The Labute approximate surface area is 141 Å². The molecule has 2 aliphatic heterocycles. The van der Waals surface area contributed by atoms with E-state index in [2.05, 4.69) is 46.6 Å². The number of nitrogens with one attached hydrogen (secondary N) is 1. The molecule has 122 valence electrons. The lowest BCUT2D eigenvalue weighted by Crippen LogP contribution is -2.34. The Balaban J connectivity index is 1.49. The molecule has 4 nitrogen and oxygen atoms in total. The zero-order valence-corrected chi connectivity index (χ0v) is 13.5. The number of benzene rings is 2. The number of nitrogens with zero attached hydrogens (tertiary/aromatic N) is 1. The Morgan fingerprint density at radius 1 is 1.00 bits per heavy atom. The van der Waals surface area contributed by atoms with Crippen molar-refractivity contribution in [1.82, 2.24) is 10.2 Å². The van der Waals surface area contributed by atoms with E-state index in [1.165, 1.54) is 16.7 Å². The van der Waals surface area contributed by atoms with Crippen LogP contribution < -0.4 is 5.32 Å². The average molecular weight is 320 g/mol. The first-order chi connectivity index (χ1) is 11.6. The van der Waals surface area contributed by atoms with Crippen LogP contribution in [-0.4, -0.2) is 29.8 Å². The van der Waals surface area contributed by atoms with Crippen molar-refractivity contribution in [1.29, 1.82) is 0 Å². The van der Waals surface area contributed by atoms with Crippen LogP contribution in [0.25, 0.3) is 11.1 Å². The molecule has 2 aromatic rings. The molecule has 2 amide bonds. The van der Waals surface area contributed by atoms with Crippen molar-refractivity contribution in [3.8, 4) is 11.1 Å². The zero-order chi connectivity index (χ0) is 16.6. The molecule has 1 unspecified atom stereocenters. The Kier molecular flexibility index (Phi) is 3.69. The lowest BCUT2D eigenvalue weighted by molar-refractivity contribution is -0.128. The summed E-state index contributed by atoms with van der Waals surface area (Å²) in [5, 5.41) is 2.46. The van der Waals surface area contributed by atoms with E-state index >= 15 is 0 Å². The van der Waals surface area contributed by atoms with Crippen molar-refractivity contribution in [3.05, 3.63) is 60.2 Å². The molecule has 2 saturated heterocycles. The largest absolute Gasteiger partial charge is 0.298 e. The standard InChI is InChI=1S/C20H20N2O2/c23-18-12-20(19(24)21-18)9-10-22(14-20)13-15-5-4-8-17(11-15)16-6-2-1-3-7-16/h1-8,11H,9-10,12-14H2,(H,21,23,24). The van der Waals surface area contributed by atoms with Gasteiger partial charge in [0.2, 0.25) is 11.8 Å². The predicted molar refractivity (Wildman–Crippen MR) is 92.0 cm³/mol. The van der Waals surface area contributed by atoms with Gasteiger partial charge in [0, 0.05) is 19.5 Å². The summed E-state index contributed by atoms with van der Waals surface area (Å²) in [6, 6.07) is 18.9. The highest BCUT2D eigenvalue weighted by Gasteiger charge is 2.50. The van der Waals surface area contributed by atoms with Crippen molar-refractivity contribution in [2.24, 2.45) is 5.41 Å². The lowest BCUT2D eigenvalue weighted by Gasteiger charge is -2.20. The first-order valence-electron chi connectivity index (χ1n) is 8.36. The second-order valence-electron chi connectivity index (χ2n) is 6.86. The highest BCUT2D eigenvalue weighted by molar-refractivity contribution is 6.06. The van der Waals surface area contributed by atoms with Crippen molar-refractivity contribution < 1.29 is 9.59 Å². The smallest absolute Gasteiger partial charge is 0.234 e. The molecule has 1 spiro atoms. The van der Waals surface area contributed by atoms with Crippen LogP contribution in [0.2, 0.25) is 0 Å². The van der Waals surface area contributed by atoms with Crippen LogP contribution in [0.4, 0.5) is 0 Å². The predicted octanol–water partition coefficient (Wildman–Crippen LogP) is 2.59. The van der Waals surface area contributed by atoms with Crippen molar-refractivity contribution in [2.45, 2.75) is 19.4 Å². The minimum absolute atomic E-state index is 0.0898. The van der Waals surface area contributed by atoms with Gasteiger partial charge in [-0.3, -0.25) is 19.8 Å². The Morgan fingerprint density at radius 3 is 2.54 bits per heavy atom. The zero-order valence-electron chi connectivity index (χ0n) is 13.5. The Bertz CT molecular complexity index is 787. The summed E-state index contributed by atoms with van der Waals surface area (Å²) in [6.45, 7) is 2.33. The van der Waals surface area contributed by atoms with Gasteiger partial charge in [-0.15, -0.1) is 0 Å². The molecule has 2 aliphatic rings. The molecule has 0 radical (unpaired) electrons. The Morgan fingerprint density at radius 2 is 1.79 bits per heavy atom. The fourth-order valence-electron chi connectivity index (χ4n) is 3.85. The number of likely N-dealkylation sites (tertiary alicyclic amines) is 1. The van der Waals surface area contributed by atoms with Crippen molar-refractivity contribution in [2.75, 3.05) is 13.1 Å². The van der Waals surface area contributed by atoms with Gasteiger partial charge >= 0.3 is 0 Å². The highest BCUT2D eigenvalue weighted by Crippen LogP contribution is 2.38. The van der Waals surface area contributed by atoms with Gasteiger partial charge in [0.1, 0.15) is 0 Å². The molecule has 1 N–H and O–H groups in total. The number of amides is 2. The van der Waals surface area contributed by atoms with Gasteiger partial charge in [-0.05, 0) is 35.7 Å². The molecule has 24 heavy (non-hydrogen) atoms. The molecule has 0 bridgehead atoms. The van der Waals surface area contributed by atoms with Crippen LogP contribution in [0.1, 0.15) is 18.4 Å². The fourth-order valence-corrected chi connectivity index (χ4v) is 3.85. The molecular formula is C20H20N2O2. The molecule has 4 rings (SSSR count). The minimum Gasteiger partial charge on any atom is -0.298 e. The second kappa shape index (κ2) is 5.87. The number of hydrogen-bond donors (Lipinski definition) is 1. The molecule has 2 fully saturated rings. The van der Waals surface area contributed by atoms with Crippen LogP contribution in [0.5, 0.6) is 0 Å². The average Bonchev–Trinajstić information content (AvgIpc) is 3.11. The number of carbonyl (C=O) groups excluding carboxylic acids is 2. The first-order valence-corrected chi connectivity index (χ1v) is 8.36. The third kappa shape index (κ3) is 2.74. The molecule has 0 saturated carbocycles. The summed E-state index contributed by atoms with van der Waals surface area (Å²) in [6.07, 6.45) is 1.11. The van der Waals surface area contributed by atoms with Gasteiger partial charge in [-0.25, -0.2) is 0 Å². The van der Waals surface area contributed by atoms with E-state index in [0.29, 0.717) is 13.0 Å². The first kappa shape index (κ1) is 15.1. The summed E-state index contributed by atoms with van der Waals surface area (Å²) >= 11 is 0. The molecule has 1 atom stereocenters. The summed E-state index contributed by atoms with van der Waals surface area (Å²) in [5.74, 6) is -0.221. The molecule has 0 aliphatic carbocycles. The number of hydrogen-bond acceptors (Lipinski definition) is 3. The van der Waals surface area contributed by atoms with E-state index in [4.69, 9.17) is 0 Å². The van der Waals surface area contributed by atoms with Gasteiger partial charge in [-0.2, -0.15) is 0 Å². The van der Waals surface area contributed by atoms with Crippen LogP contribution in [0.15, 0.2) is 54.6 Å². The maximum Gasteiger partial charge on any atom is 0.234 e. The van der Waals surface area contributed by atoms with Gasteiger partial charge in [0.05, 0.1) is 5.41 Å². The molecule has 4 heteroatoms. The Hall–Kier alpha value is -2.46. The fraction of sp³-hybridized carbons (Fsp3) is 0.300. The monoisotopic (exact) mass is 320 g/mol. The summed E-state index contributed by atoms with van der Waals surface area (Å²) < 4.78 is 0. The summed E-state index contributed by atoms with van der Waals surface area (Å²) in [5.41, 5.74) is 3.15. The molecule has 0 aromatic heterocycles. The summed E-state index contributed by atoms with van der Waals surface area (Å²) in [7, 11) is 0. The molecule has 2 heterocycles. The van der Waals surface area contributed by atoms with Crippen molar-refractivity contribution >= 4 is 11.8 Å². The van der Waals surface area contributed by atoms with Crippen molar-refractivity contribution in [3.63, 3.8) is 0 Å². The van der Waals surface area contributed by atoms with Crippen LogP contribution in [0.3, 0.4) is 0 Å². The maximum absolute atomic E-state index is 12.1. The van der Waals surface area contributed by atoms with E-state index in [1.54, 1.807) is 0 Å². The molecule has 2 aromatic carbocycles. The number of imide groups is 1. The quantitative estimate of drug-likeness (QED) is 0.885. The SMILES string of the molecule is O=C1CC2(CCN(Cc3cccc(-c4ccccc4)c3)C2)C(=O)N1.